The number of carbonyl (C=O) groups is 1. The Morgan fingerprint density at radius 3 is 2.35 bits per heavy atom. The standard InChI is InChI=1S/C16H24FNO2/c1-5-16(6-2,15(19)20)11-18(4)12(3)13-9-7-8-10-14(13)17/h7-10,12H,5-6,11H2,1-4H3,(H,19,20). The lowest BCUT2D eigenvalue weighted by Gasteiger charge is -2.35. The quantitative estimate of drug-likeness (QED) is 0.828. The number of halogens is 1. The first-order valence-electron chi connectivity index (χ1n) is 7.06. The van der Waals surface area contributed by atoms with E-state index in [0.717, 1.165) is 0 Å². The van der Waals surface area contributed by atoms with Gasteiger partial charge in [-0.3, -0.25) is 9.69 Å². The molecule has 1 rings (SSSR count). The monoisotopic (exact) mass is 281 g/mol. The summed E-state index contributed by atoms with van der Waals surface area (Å²) in [5.74, 6) is -1.03. The predicted octanol–water partition coefficient (Wildman–Crippen LogP) is 3.71. The van der Waals surface area contributed by atoms with Gasteiger partial charge in [-0.2, -0.15) is 0 Å². The van der Waals surface area contributed by atoms with E-state index in [-0.39, 0.29) is 11.9 Å². The Morgan fingerprint density at radius 1 is 1.35 bits per heavy atom. The highest BCUT2D eigenvalue weighted by molar-refractivity contribution is 5.74. The predicted molar refractivity (Wildman–Crippen MR) is 78.1 cm³/mol. The van der Waals surface area contributed by atoms with E-state index in [1.807, 2.05) is 32.7 Å². The summed E-state index contributed by atoms with van der Waals surface area (Å²) >= 11 is 0. The molecule has 1 atom stereocenters. The second kappa shape index (κ2) is 6.84. The maximum absolute atomic E-state index is 13.8. The summed E-state index contributed by atoms with van der Waals surface area (Å²) in [5.41, 5.74) is -0.171. The first-order valence-corrected chi connectivity index (χ1v) is 7.06. The highest BCUT2D eigenvalue weighted by Gasteiger charge is 2.37. The van der Waals surface area contributed by atoms with Crippen molar-refractivity contribution in [3.8, 4) is 0 Å². The van der Waals surface area contributed by atoms with E-state index < -0.39 is 11.4 Å². The molecule has 0 bridgehead atoms. The van der Waals surface area contributed by atoms with E-state index in [2.05, 4.69) is 0 Å². The van der Waals surface area contributed by atoms with Gasteiger partial charge in [-0.1, -0.05) is 32.0 Å². The molecule has 0 aromatic heterocycles. The lowest BCUT2D eigenvalue weighted by atomic mass is 9.81. The van der Waals surface area contributed by atoms with Crippen LogP contribution in [-0.4, -0.2) is 29.6 Å². The number of nitrogens with zero attached hydrogens (tertiary/aromatic N) is 1. The Hall–Kier alpha value is -1.42. The summed E-state index contributed by atoms with van der Waals surface area (Å²) in [5, 5.41) is 9.48. The Labute approximate surface area is 120 Å². The maximum Gasteiger partial charge on any atom is 0.310 e. The molecule has 0 heterocycles. The lowest BCUT2D eigenvalue weighted by Crippen LogP contribution is -2.42. The number of benzene rings is 1. The summed E-state index contributed by atoms with van der Waals surface area (Å²) in [6, 6.07) is 6.48. The molecular formula is C16H24FNO2. The van der Waals surface area contributed by atoms with Crippen molar-refractivity contribution < 1.29 is 14.3 Å². The van der Waals surface area contributed by atoms with Crippen molar-refractivity contribution in [2.24, 2.45) is 5.41 Å². The highest BCUT2D eigenvalue weighted by Crippen LogP contribution is 2.31. The summed E-state index contributed by atoms with van der Waals surface area (Å²) in [6.07, 6.45) is 1.13. The van der Waals surface area contributed by atoms with Crippen LogP contribution in [-0.2, 0) is 4.79 Å². The molecule has 3 nitrogen and oxygen atoms in total. The molecule has 1 N–H and O–H groups in total. The van der Waals surface area contributed by atoms with Crippen LogP contribution >= 0.6 is 0 Å². The Balaban J connectivity index is 2.92. The van der Waals surface area contributed by atoms with Crippen LogP contribution in [0, 0.1) is 11.2 Å². The van der Waals surface area contributed by atoms with Crippen molar-refractivity contribution in [2.45, 2.75) is 39.7 Å². The lowest BCUT2D eigenvalue weighted by molar-refractivity contribution is -0.151. The number of hydrogen-bond acceptors (Lipinski definition) is 2. The average molecular weight is 281 g/mol. The van der Waals surface area contributed by atoms with Crippen LogP contribution in [0.3, 0.4) is 0 Å². The SMILES string of the molecule is CCC(CC)(CN(C)C(C)c1ccccc1F)C(=O)O. The molecule has 20 heavy (non-hydrogen) atoms. The largest absolute Gasteiger partial charge is 0.481 e. The normalized spacial score (nSPS) is 13.5. The van der Waals surface area contributed by atoms with Gasteiger partial charge in [-0.15, -0.1) is 0 Å². The molecule has 0 aliphatic heterocycles. The van der Waals surface area contributed by atoms with Crippen molar-refractivity contribution in [1.29, 1.82) is 0 Å². The number of carboxylic acids is 1. The van der Waals surface area contributed by atoms with Gasteiger partial charge in [0.25, 0.3) is 0 Å². The Morgan fingerprint density at radius 2 is 1.90 bits per heavy atom. The van der Waals surface area contributed by atoms with E-state index >= 15 is 0 Å². The van der Waals surface area contributed by atoms with Gasteiger partial charge < -0.3 is 5.11 Å². The number of rotatable bonds is 7. The topological polar surface area (TPSA) is 40.5 Å². The van der Waals surface area contributed by atoms with Gasteiger partial charge in [0, 0.05) is 18.2 Å². The zero-order chi connectivity index (χ0) is 15.3. The fourth-order valence-electron chi connectivity index (χ4n) is 2.51. The van der Waals surface area contributed by atoms with E-state index in [9.17, 15) is 14.3 Å². The van der Waals surface area contributed by atoms with Gasteiger partial charge >= 0.3 is 5.97 Å². The molecule has 0 saturated heterocycles. The molecule has 0 amide bonds. The molecule has 0 aliphatic rings. The van der Waals surface area contributed by atoms with Crippen molar-refractivity contribution in [1.82, 2.24) is 4.90 Å². The van der Waals surface area contributed by atoms with Crippen molar-refractivity contribution in [3.05, 3.63) is 35.6 Å². The Kier molecular flexibility index (Phi) is 5.69. The van der Waals surface area contributed by atoms with Gasteiger partial charge in [-0.05, 0) is 32.9 Å². The van der Waals surface area contributed by atoms with Crippen molar-refractivity contribution in [2.75, 3.05) is 13.6 Å². The van der Waals surface area contributed by atoms with E-state index in [1.165, 1.54) is 6.07 Å². The summed E-state index contributed by atoms with van der Waals surface area (Å²) in [7, 11) is 1.85. The fourth-order valence-corrected chi connectivity index (χ4v) is 2.51. The van der Waals surface area contributed by atoms with Gasteiger partial charge in [0.05, 0.1) is 5.41 Å². The van der Waals surface area contributed by atoms with E-state index in [4.69, 9.17) is 0 Å². The van der Waals surface area contributed by atoms with Crippen LogP contribution in [0.2, 0.25) is 0 Å². The van der Waals surface area contributed by atoms with Crippen LogP contribution in [0.15, 0.2) is 24.3 Å². The van der Waals surface area contributed by atoms with Crippen molar-refractivity contribution >= 4 is 5.97 Å². The van der Waals surface area contributed by atoms with Crippen molar-refractivity contribution in [3.63, 3.8) is 0 Å². The van der Waals surface area contributed by atoms with Crippen LogP contribution in [0.1, 0.15) is 45.2 Å². The maximum atomic E-state index is 13.8. The molecule has 0 saturated carbocycles. The minimum atomic E-state index is -0.782. The third-order valence-electron chi connectivity index (χ3n) is 4.38. The molecule has 112 valence electrons. The molecule has 0 radical (unpaired) electrons. The van der Waals surface area contributed by atoms with Crippen LogP contribution in [0.5, 0.6) is 0 Å². The molecule has 0 aliphatic carbocycles. The first-order chi connectivity index (χ1) is 9.38. The van der Waals surface area contributed by atoms with Crippen LogP contribution < -0.4 is 0 Å². The average Bonchev–Trinajstić information content (AvgIpc) is 2.44. The minimum Gasteiger partial charge on any atom is -0.481 e. The summed E-state index contributed by atoms with van der Waals surface area (Å²) < 4.78 is 13.8. The highest BCUT2D eigenvalue weighted by atomic mass is 19.1. The molecule has 1 aromatic rings. The Bertz CT molecular complexity index is 458. The smallest absolute Gasteiger partial charge is 0.310 e. The van der Waals surface area contributed by atoms with Gasteiger partial charge in [0.2, 0.25) is 0 Å². The fraction of sp³-hybridized carbons (Fsp3) is 0.562. The van der Waals surface area contributed by atoms with Crippen LogP contribution in [0.4, 0.5) is 4.39 Å². The van der Waals surface area contributed by atoms with E-state index in [0.29, 0.717) is 24.9 Å². The number of carboxylic acid groups (broad SMARTS) is 1. The molecule has 0 fully saturated rings. The molecule has 0 spiro atoms. The van der Waals surface area contributed by atoms with Gasteiger partial charge in [0.15, 0.2) is 0 Å². The number of aliphatic carboxylic acids is 1. The van der Waals surface area contributed by atoms with Crippen LogP contribution in [0.25, 0.3) is 0 Å². The second-order valence-electron chi connectivity index (χ2n) is 5.41. The van der Waals surface area contributed by atoms with E-state index in [1.54, 1.807) is 18.2 Å². The molecular weight excluding hydrogens is 257 g/mol. The summed E-state index contributed by atoms with van der Waals surface area (Å²) in [6.45, 7) is 6.08. The minimum absolute atomic E-state index is 0.159. The zero-order valence-corrected chi connectivity index (χ0v) is 12.7. The number of hydrogen-bond donors (Lipinski definition) is 1. The molecule has 1 aromatic carbocycles. The molecule has 4 heteroatoms. The third-order valence-corrected chi connectivity index (χ3v) is 4.38. The zero-order valence-electron chi connectivity index (χ0n) is 12.7. The first kappa shape index (κ1) is 16.6. The summed E-state index contributed by atoms with van der Waals surface area (Å²) in [4.78, 5) is 13.5. The molecule has 1 unspecified atom stereocenters. The third kappa shape index (κ3) is 3.37. The van der Waals surface area contributed by atoms with Gasteiger partial charge in [-0.25, -0.2) is 4.39 Å². The van der Waals surface area contributed by atoms with Gasteiger partial charge in [0.1, 0.15) is 5.82 Å². The second-order valence-corrected chi connectivity index (χ2v) is 5.41.